The van der Waals surface area contributed by atoms with Crippen LogP contribution in [-0.2, 0) is 6.18 Å². The zero-order valence-corrected chi connectivity index (χ0v) is 18.5. The van der Waals surface area contributed by atoms with Gasteiger partial charge in [-0.1, -0.05) is 47.5 Å². The van der Waals surface area contributed by atoms with Crippen LogP contribution >= 0.6 is 23.2 Å². The maximum Gasteiger partial charge on any atom is 0.417 e. The number of alkyl halides is 6. The largest absolute Gasteiger partial charge is 0.417 e. The molecule has 0 saturated heterocycles. The molecule has 1 aliphatic rings. The van der Waals surface area contributed by atoms with Crippen molar-refractivity contribution in [3.05, 3.63) is 74.5 Å². The predicted molar refractivity (Wildman–Crippen MR) is 112 cm³/mol. The van der Waals surface area contributed by atoms with Gasteiger partial charge >= 0.3 is 12.4 Å². The van der Waals surface area contributed by atoms with Crippen molar-refractivity contribution in [3.8, 4) is 6.07 Å². The van der Waals surface area contributed by atoms with Gasteiger partial charge in [-0.05, 0) is 42.2 Å². The van der Waals surface area contributed by atoms with E-state index in [1.807, 2.05) is 6.07 Å². The molecule has 1 aliphatic carbocycles. The summed E-state index contributed by atoms with van der Waals surface area (Å²) in [6, 6.07) is 5.92. The molecular formula is C23H14Cl2F7NO. The van der Waals surface area contributed by atoms with Crippen LogP contribution < -0.4 is 0 Å². The molecule has 2 aromatic carbocycles. The van der Waals surface area contributed by atoms with Crippen molar-refractivity contribution in [2.24, 2.45) is 5.41 Å². The topological polar surface area (TPSA) is 40.9 Å². The molecule has 0 aliphatic heterocycles. The molecule has 0 spiro atoms. The minimum absolute atomic E-state index is 0.251. The van der Waals surface area contributed by atoms with Gasteiger partial charge in [-0.25, -0.2) is 4.39 Å². The van der Waals surface area contributed by atoms with Crippen molar-refractivity contribution in [1.29, 1.82) is 5.26 Å². The number of ketones is 1. The molecule has 3 rings (SSSR count). The van der Waals surface area contributed by atoms with Crippen LogP contribution in [0.1, 0.15) is 52.2 Å². The molecule has 1 fully saturated rings. The zero-order chi connectivity index (χ0) is 25.5. The van der Waals surface area contributed by atoms with E-state index in [9.17, 15) is 35.5 Å². The average Bonchev–Trinajstić information content (AvgIpc) is 3.50. The number of carbonyl (C=O) groups is 1. The summed E-state index contributed by atoms with van der Waals surface area (Å²) < 4.78 is 95.3. The molecule has 0 N–H and O–H groups in total. The molecule has 2 nitrogen and oxygen atoms in total. The van der Waals surface area contributed by atoms with Gasteiger partial charge in [0.2, 0.25) is 0 Å². The number of nitrogens with zero attached hydrogens (tertiary/aromatic N) is 1. The Morgan fingerprint density at radius 3 is 2.15 bits per heavy atom. The van der Waals surface area contributed by atoms with Crippen molar-refractivity contribution in [3.63, 3.8) is 0 Å². The van der Waals surface area contributed by atoms with Crippen LogP contribution in [0.15, 0.2) is 36.4 Å². The van der Waals surface area contributed by atoms with Gasteiger partial charge in [0.15, 0.2) is 11.6 Å². The van der Waals surface area contributed by atoms with E-state index in [2.05, 4.69) is 0 Å². The summed E-state index contributed by atoms with van der Waals surface area (Å²) in [5.74, 6) is -4.31. The molecule has 2 aromatic rings. The highest BCUT2D eigenvalue weighted by molar-refractivity contribution is 6.35. The first-order valence-electron chi connectivity index (χ1n) is 9.72. The van der Waals surface area contributed by atoms with Gasteiger partial charge in [-0.15, -0.1) is 0 Å². The standard InChI is InChI=1S/C23H14Cl2F7NO/c24-17-8-13(9-18(25)20(17)26)15(22(27,28)29)4-2-12-1-3-14(16(7-12)23(30,31)32)19(34)10-21(11-33)5-6-21/h1-4,7-9,15H,5-6,10H2/b4-2+. The van der Waals surface area contributed by atoms with Crippen LogP contribution in [0.5, 0.6) is 0 Å². The lowest BCUT2D eigenvalue weighted by molar-refractivity contribution is -0.139. The summed E-state index contributed by atoms with van der Waals surface area (Å²) >= 11 is 11.2. The van der Waals surface area contributed by atoms with Crippen molar-refractivity contribution in [1.82, 2.24) is 0 Å². The Balaban J connectivity index is 1.98. The molecule has 1 atom stereocenters. The SMILES string of the molecule is N#CC1(CC(=O)c2ccc(/C=C/C(c3cc(Cl)c(F)c(Cl)c3)C(F)(F)F)cc2C(F)(F)F)CC1. The molecule has 0 amide bonds. The van der Waals surface area contributed by atoms with E-state index >= 15 is 0 Å². The Morgan fingerprint density at radius 2 is 1.68 bits per heavy atom. The van der Waals surface area contributed by atoms with Gasteiger partial charge in [-0.2, -0.15) is 31.6 Å². The van der Waals surface area contributed by atoms with Crippen LogP contribution in [0.3, 0.4) is 0 Å². The second kappa shape index (κ2) is 9.23. The van der Waals surface area contributed by atoms with E-state index in [-0.39, 0.29) is 12.0 Å². The van der Waals surface area contributed by atoms with Gasteiger partial charge in [0.1, 0.15) is 0 Å². The predicted octanol–water partition coefficient (Wildman–Crippen LogP) is 8.39. The molecule has 0 heterocycles. The summed E-state index contributed by atoms with van der Waals surface area (Å²) in [6.07, 6.45) is -8.00. The maximum absolute atomic E-state index is 13.6. The highest BCUT2D eigenvalue weighted by Gasteiger charge is 2.46. The normalized spacial score (nSPS) is 16.4. The average molecular weight is 524 g/mol. The van der Waals surface area contributed by atoms with Crippen LogP contribution in [0.2, 0.25) is 10.0 Å². The van der Waals surface area contributed by atoms with Crippen molar-refractivity contribution < 1.29 is 35.5 Å². The van der Waals surface area contributed by atoms with Crippen LogP contribution in [0.25, 0.3) is 6.08 Å². The monoisotopic (exact) mass is 523 g/mol. The number of allylic oxidation sites excluding steroid dienone is 1. The number of carbonyl (C=O) groups excluding carboxylic acids is 1. The van der Waals surface area contributed by atoms with Crippen LogP contribution in [-0.4, -0.2) is 12.0 Å². The lowest BCUT2D eigenvalue weighted by Crippen LogP contribution is -2.19. The molecule has 180 valence electrons. The lowest BCUT2D eigenvalue weighted by atomic mass is 9.92. The molecule has 0 aromatic heterocycles. The van der Waals surface area contributed by atoms with E-state index < -0.39 is 62.0 Å². The molecule has 1 saturated carbocycles. The van der Waals surface area contributed by atoms with Crippen molar-refractivity contribution >= 4 is 35.1 Å². The molecular weight excluding hydrogens is 510 g/mol. The first-order valence-corrected chi connectivity index (χ1v) is 10.5. The van der Waals surface area contributed by atoms with Crippen LogP contribution in [0.4, 0.5) is 30.7 Å². The van der Waals surface area contributed by atoms with E-state index in [1.165, 1.54) is 0 Å². The Kier molecular flexibility index (Phi) is 7.07. The quantitative estimate of drug-likeness (QED) is 0.216. The van der Waals surface area contributed by atoms with Crippen LogP contribution in [0, 0.1) is 22.6 Å². The second-order valence-electron chi connectivity index (χ2n) is 7.97. The minimum atomic E-state index is -4.96. The number of hydrogen-bond donors (Lipinski definition) is 0. The fourth-order valence-electron chi connectivity index (χ4n) is 3.40. The Bertz CT molecular complexity index is 1170. The zero-order valence-electron chi connectivity index (χ0n) is 17.0. The third-order valence-electron chi connectivity index (χ3n) is 5.44. The van der Waals surface area contributed by atoms with Gasteiger partial charge in [-0.3, -0.25) is 4.79 Å². The molecule has 0 radical (unpaired) electrons. The molecule has 1 unspecified atom stereocenters. The summed E-state index contributed by atoms with van der Waals surface area (Å²) in [7, 11) is 0. The first kappa shape index (κ1) is 26.0. The number of hydrogen-bond acceptors (Lipinski definition) is 2. The van der Waals surface area contributed by atoms with E-state index in [1.54, 1.807) is 0 Å². The fraction of sp³-hybridized carbons (Fsp3) is 0.304. The van der Waals surface area contributed by atoms with Gasteiger partial charge < -0.3 is 0 Å². The lowest BCUT2D eigenvalue weighted by Gasteiger charge is -2.18. The minimum Gasteiger partial charge on any atom is -0.294 e. The van der Waals surface area contributed by atoms with Gasteiger partial charge in [0, 0.05) is 12.0 Å². The number of rotatable bonds is 6. The third kappa shape index (κ3) is 5.73. The summed E-state index contributed by atoms with van der Waals surface area (Å²) in [4.78, 5) is 12.4. The first-order chi connectivity index (χ1) is 15.7. The second-order valence-corrected chi connectivity index (χ2v) is 8.79. The Labute approximate surface area is 199 Å². The molecule has 34 heavy (non-hydrogen) atoms. The maximum atomic E-state index is 13.6. The highest BCUT2D eigenvalue weighted by atomic mass is 35.5. The van der Waals surface area contributed by atoms with Crippen molar-refractivity contribution in [2.45, 2.75) is 37.5 Å². The Hall–Kier alpha value is -2.57. The number of nitriles is 1. The summed E-state index contributed by atoms with van der Waals surface area (Å²) in [6.45, 7) is 0. The number of benzene rings is 2. The molecule has 11 heteroatoms. The van der Waals surface area contributed by atoms with E-state index in [4.69, 9.17) is 28.5 Å². The van der Waals surface area contributed by atoms with Crippen molar-refractivity contribution in [2.75, 3.05) is 0 Å². The smallest absolute Gasteiger partial charge is 0.294 e. The van der Waals surface area contributed by atoms with E-state index in [0.29, 0.717) is 25.0 Å². The van der Waals surface area contributed by atoms with Gasteiger partial charge in [0.25, 0.3) is 0 Å². The number of halogens is 9. The highest BCUT2D eigenvalue weighted by Crippen LogP contribution is 2.49. The molecule has 0 bridgehead atoms. The van der Waals surface area contributed by atoms with Gasteiger partial charge in [0.05, 0.1) is 33.0 Å². The Morgan fingerprint density at radius 1 is 1.09 bits per heavy atom. The summed E-state index contributed by atoms with van der Waals surface area (Å²) in [5, 5.41) is 7.81. The third-order valence-corrected chi connectivity index (χ3v) is 5.99. The van der Waals surface area contributed by atoms with E-state index in [0.717, 1.165) is 30.3 Å². The number of Topliss-reactive ketones (excluding diaryl/α,β-unsaturated/α-hetero) is 1. The fourth-order valence-corrected chi connectivity index (χ4v) is 3.90. The summed E-state index contributed by atoms with van der Waals surface area (Å²) in [5.41, 5.74) is -3.69.